The monoisotopic (exact) mass is 505 g/mol. The Labute approximate surface area is 200 Å². The Morgan fingerprint density at radius 3 is 2.50 bits per heavy atom. The highest BCUT2D eigenvalue weighted by molar-refractivity contribution is 7.55. The molecule has 3 heterocycles. The summed E-state index contributed by atoms with van der Waals surface area (Å²) in [5, 5.41) is 3.24. The number of nitrogens with one attached hydrogen (secondary N) is 1. The molecule has 6 nitrogen and oxygen atoms in total. The van der Waals surface area contributed by atoms with E-state index in [0.717, 1.165) is 6.07 Å². The van der Waals surface area contributed by atoms with Gasteiger partial charge in [-0.05, 0) is 26.3 Å². The van der Waals surface area contributed by atoms with Gasteiger partial charge in [-0.15, -0.1) is 0 Å². The van der Waals surface area contributed by atoms with Crippen molar-refractivity contribution in [2.75, 3.05) is 25.0 Å². The van der Waals surface area contributed by atoms with E-state index in [4.69, 9.17) is 16.3 Å². The summed E-state index contributed by atoms with van der Waals surface area (Å²) in [4.78, 5) is 17.0. The quantitative estimate of drug-likeness (QED) is 0.303. The molecule has 4 aromatic rings. The molecule has 1 N–H and O–H groups in total. The summed E-state index contributed by atoms with van der Waals surface area (Å²) >= 11 is 6.46. The van der Waals surface area contributed by atoms with Gasteiger partial charge in [-0.25, -0.2) is 33.1 Å². The highest BCUT2D eigenvalue weighted by Gasteiger charge is 2.18. The fourth-order valence-corrected chi connectivity index (χ4v) is 3.77. The third-order valence-electron chi connectivity index (χ3n) is 4.86. The average Bonchev–Trinajstić information content (AvgIpc) is 2.81. The number of hydrogen-bond donors (Lipinski definition) is 1. The minimum atomic E-state index is -0.959. The standard InChI is InChI=1S/C23H20ClF3N5OP/c1-12-18(24)22(28-8-13-5-4-6-15(25)19(13)27)21-17(31-12)7-16(26)20(32-21)14-9-29-23(30-10-14)33-11-34(2)3/h4-7,9-10H,8,11H2,1-3H3,(H,28,31). The molecule has 3 aromatic heterocycles. The maximum atomic E-state index is 14.9. The van der Waals surface area contributed by atoms with Crippen molar-refractivity contribution in [1.82, 2.24) is 19.9 Å². The van der Waals surface area contributed by atoms with Crippen LogP contribution in [0.15, 0.2) is 36.7 Å². The van der Waals surface area contributed by atoms with E-state index in [1.165, 1.54) is 30.6 Å². The highest BCUT2D eigenvalue weighted by Crippen LogP contribution is 2.34. The van der Waals surface area contributed by atoms with Crippen LogP contribution in [0.25, 0.3) is 22.3 Å². The number of anilines is 1. The normalized spacial score (nSPS) is 11.3. The molecular weight excluding hydrogens is 486 g/mol. The summed E-state index contributed by atoms with van der Waals surface area (Å²) < 4.78 is 48.1. The third kappa shape index (κ3) is 5.05. The summed E-state index contributed by atoms with van der Waals surface area (Å²) in [6, 6.07) is 5.34. The largest absolute Gasteiger partial charge is 0.459 e. The van der Waals surface area contributed by atoms with Gasteiger partial charge in [-0.3, -0.25) is 0 Å². The Bertz CT molecular complexity index is 1360. The number of fused-ring (bicyclic) bond motifs is 1. The molecule has 1 aromatic carbocycles. The number of aromatic nitrogens is 4. The zero-order valence-electron chi connectivity index (χ0n) is 18.5. The summed E-state index contributed by atoms with van der Waals surface area (Å²) in [7, 11) is -0.280. The van der Waals surface area contributed by atoms with Crippen LogP contribution in [0.3, 0.4) is 0 Å². The second-order valence-electron chi connectivity index (χ2n) is 7.75. The van der Waals surface area contributed by atoms with Crippen LogP contribution in [-0.4, -0.2) is 39.6 Å². The fraction of sp³-hybridized carbons (Fsp3) is 0.217. The number of pyridine rings is 2. The van der Waals surface area contributed by atoms with Crippen molar-refractivity contribution in [3.63, 3.8) is 0 Å². The molecule has 11 heteroatoms. The lowest BCUT2D eigenvalue weighted by molar-refractivity contribution is 0.356. The molecule has 0 atom stereocenters. The average molecular weight is 506 g/mol. The molecule has 0 unspecified atom stereocenters. The van der Waals surface area contributed by atoms with Crippen LogP contribution in [0.2, 0.25) is 5.02 Å². The molecule has 0 bridgehead atoms. The maximum Gasteiger partial charge on any atom is 0.316 e. The molecular formula is C23H20ClF3N5OP. The zero-order valence-corrected chi connectivity index (χ0v) is 20.2. The summed E-state index contributed by atoms with van der Waals surface area (Å²) in [5.41, 5.74) is 1.72. The van der Waals surface area contributed by atoms with Gasteiger partial charge >= 0.3 is 6.01 Å². The van der Waals surface area contributed by atoms with E-state index in [9.17, 15) is 13.2 Å². The summed E-state index contributed by atoms with van der Waals surface area (Å²) in [6.07, 6.45) is 3.36. The number of aryl methyl sites for hydroxylation is 1. The molecule has 0 aliphatic rings. The van der Waals surface area contributed by atoms with E-state index in [0.29, 0.717) is 23.3 Å². The third-order valence-corrected chi connectivity index (χ3v) is 5.97. The van der Waals surface area contributed by atoms with Crippen LogP contribution >= 0.6 is 19.5 Å². The van der Waals surface area contributed by atoms with E-state index in [1.807, 2.05) is 0 Å². The topological polar surface area (TPSA) is 72.8 Å². The lowest BCUT2D eigenvalue weighted by Gasteiger charge is -2.15. The first-order valence-corrected chi connectivity index (χ1v) is 13.0. The van der Waals surface area contributed by atoms with Crippen LogP contribution in [0.1, 0.15) is 11.3 Å². The van der Waals surface area contributed by atoms with E-state index in [2.05, 4.69) is 38.6 Å². The van der Waals surface area contributed by atoms with Crippen molar-refractivity contribution in [2.24, 2.45) is 0 Å². The molecule has 0 fully saturated rings. The van der Waals surface area contributed by atoms with Crippen molar-refractivity contribution in [3.8, 4) is 17.3 Å². The Balaban J connectivity index is 1.72. The lowest BCUT2D eigenvalue weighted by Crippen LogP contribution is -2.07. The van der Waals surface area contributed by atoms with Gasteiger partial charge in [0.25, 0.3) is 0 Å². The molecule has 34 heavy (non-hydrogen) atoms. The van der Waals surface area contributed by atoms with Crippen LogP contribution in [0.4, 0.5) is 18.9 Å². The zero-order chi connectivity index (χ0) is 24.4. The van der Waals surface area contributed by atoms with Crippen molar-refractivity contribution in [3.05, 3.63) is 70.4 Å². The Kier molecular flexibility index (Phi) is 7.14. The molecule has 176 valence electrons. The van der Waals surface area contributed by atoms with E-state index in [1.54, 1.807) is 6.92 Å². The van der Waals surface area contributed by atoms with Crippen molar-refractivity contribution in [1.29, 1.82) is 0 Å². The predicted octanol–water partition coefficient (Wildman–Crippen LogP) is 6.16. The number of ether oxygens (including phenoxy) is 1. The Morgan fingerprint density at radius 1 is 1.06 bits per heavy atom. The molecule has 0 radical (unpaired) electrons. The van der Waals surface area contributed by atoms with Crippen LogP contribution in [0, 0.1) is 24.4 Å². The first kappa shape index (κ1) is 24.1. The second kappa shape index (κ2) is 10.1. The van der Waals surface area contributed by atoms with Gasteiger partial charge in [0.15, 0.2) is 17.5 Å². The molecule has 0 amide bonds. The number of hydrogen-bond acceptors (Lipinski definition) is 6. The molecule has 4 rings (SSSR count). The highest BCUT2D eigenvalue weighted by atomic mass is 35.5. The molecule has 0 aliphatic heterocycles. The van der Waals surface area contributed by atoms with Crippen LogP contribution in [-0.2, 0) is 6.54 Å². The number of nitrogens with zero attached hydrogens (tertiary/aromatic N) is 4. The van der Waals surface area contributed by atoms with Gasteiger partial charge in [0, 0.05) is 36.1 Å². The summed E-state index contributed by atoms with van der Waals surface area (Å²) in [5.74, 6) is -2.53. The minimum Gasteiger partial charge on any atom is -0.459 e. The second-order valence-corrected chi connectivity index (χ2v) is 10.5. The van der Waals surface area contributed by atoms with Crippen molar-refractivity contribution < 1.29 is 17.9 Å². The van der Waals surface area contributed by atoms with Gasteiger partial charge in [-0.2, -0.15) is 0 Å². The predicted molar refractivity (Wildman–Crippen MR) is 128 cm³/mol. The number of rotatable bonds is 7. The van der Waals surface area contributed by atoms with Crippen LogP contribution < -0.4 is 10.1 Å². The van der Waals surface area contributed by atoms with E-state index in [-0.39, 0.29) is 47.8 Å². The SMILES string of the molecule is Cc1nc2cc(F)c(-c3cnc(OCP(C)C)nc3)nc2c(NCc2cccc(F)c2F)c1Cl. The van der Waals surface area contributed by atoms with Gasteiger partial charge < -0.3 is 10.1 Å². The number of halogens is 4. The maximum absolute atomic E-state index is 14.9. The van der Waals surface area contributed by atoms with Crippen molar-refractivity contribution >= 4 is 36.2 Å². The molecule has 0 saturated carbocycles. The smallest absolute Gasteiger partial charge is 0.316 e. The van der Waals surface area contributed by atoms with Crippen LogP contribution in [0.5, 0.6) is 6.01 Å². The first-order valence-electron chi connectivity index (χ1n) is 10.2. The van der Waals surface area contributed by atoms with Gasteiger partial charge in [0.2, 0.25) is 0 Å². The molecule has 0 spiro atoms. The fourth-order valence-electron chi connectivity index (χ4n) is 3.20. The molecule has 0 saturated heterocycles. The van der Waals surface area contributed by atoms with Gasteiger partial charge in [0.1, 0.15) is 17.6 Å². The first-order chi connectivity index (χ1) is 16.2. The van der Waals surface area contributed by atoms with Gasteiger partial charge in [0.05, 0.1) is 21.9 Å². The molecule has 0 aliphatic carbocycles. The van der Waals surface area contributed by atoms with E-state index < -0.39 is 17.5 Å². The number of benzene rings is 1. The van der Waals surface area contributed by atoms with E-state index >= 15 is 0 Å². The summed E-state index contributed by atoms with van der Waals surface area (Å²) in [6.45, 7) is 5.72. The Morgan fingerprint density at radius 2 is 1.79 bits per heavy atom. The Hall–Kier alpha value is -3.03. The lowest BCUT2D eigenvalue weighted by atomic mass is 10.1. The van der Waals surface area contributed by atoms with Crippen molar-refractivity contribution in [2.45, 2.75) is 13.5 Å². The minimum absolute atomic E-state index is 0.00556. The van der Waals surface area contributed by atoms with Gasteiger partial charge in [-0.1, -0.05) is 31.7 Å².